The summed E-state index contributed by atoms with van der Waals surface area (Å²) in [6.07, 6.45) is 6.49. The highest BCUT2D eigenvalue weighted by molar-refractivity contribution is 5.24. The highest BCUT2D eigenvalue weighted by Crippen LogP contribution is 2.32. The van der Waals surface area contributed by atoms with Crippen LogP contribution >= 0.6 is 0 Å². The first-order valence-electron chi connectivity index (χ1n) is 9.44. The number of hydrogen-bond acceptors (Lipinski definition) is 4. The first-order valence-corrected chi connectivity index (χ1v) is 9.44. The minimum absolute atomic E-state index is 0.297. The minimum Gasteiger partial charge on any atom is -0.493 e. The van der Waals surface area contributed by atoms with Crippen molar-refractivity contribution in [2.45, 2.75) is 31.8 Å². The minimum atomic E-state index is -0.906. The number of rotatable bonds is 7. The van der Waals surface area contributed by atoms with Crippen molar-refractivity contribution < 1.29 is 13.5 Å². The van der Waals surface area contributed by atoms with E-state index in [1.54, 1.807) is 0 Å². The highest BCUT2D eigenvalue weighted by atomic mass is 19.2. The van der Waals surface area contributed by atoms with Crippen LogP contribution < -0.4 is 4.74 Å². The van der Waals surface area contributed by atoms with Crippen LogP contribution in [0.1, 0.15) is 35.8 Å². The Morgan fingerprint density at radius 2 is 1.96 bits per heavy atom. The lowest BCUT2D eigenvalue weighted by molar-refractivity contribution is 0.244. The predicted octanol–water partition coefficient (Wildman–Crippen LogP) is 4.04. The SMILES string of the molecule is Fc1ccc(OCCc2cc([C@@H]3CCCN3Cc3ccncc3)n[nH]2)cc1F. The summed E-state index contributed by atoms with van der Waals surface area (Å²) < 4.78 is 31.7. The van der Waals surface area contributed by atoms with Gasteiger partial charge in [-0.25, -0.2) is 8.78 Å². The van der Waals surface area contributed by atoms with E-state index in [9.17, 15) is 8.78 Å². The fourth-order valence-corrected chi connectivity index (χ4v) is 3.60. The van der Waals surface area contributed by atoms with Gasteiger partial charge >= 0.3 is 0 Å². The molecule has 3 aromatic rings. The largest absolute Gasteiger partial charge is 0.493 e. The third-order valence-electron chi connectivity index (χ3n) is 5.02. The van der Waals surface area contributed by atoms with E-state index < -0.39 is 11.6 Å². The van der Waals surface area contributed by atoms with E-state index in [-0.39, 0.29) is 0 Å². The second kappa shape index (κ2) is 8.48. The van der Waals surface area contributed by atoms with E-state index >= 15 is 0 Å². The Bertz CT molecular complexity index is 916. The third kappa shape index (κ3) is 4.36. The van der Waals surface area contributed by atoms with Crippen LogP contribution in [0, 0.1) is 11.6 Å². The third-order valence-corrected chi connectivity index (χ3v) is 5.02. The van der Waals surface area contributed by atoms with Crippen molar-refractivity contribution in [3.05, 3.63) is 77.4 Å². The van der Waals surface area contributed by atoms with Crippen LogP contribution in [-0.2, 0) is 13.0 Å². The lowest BCUT2D eigenvalue weighted by Gasteiger charge is -2.22. The zero-order valence-electron chi connectivity index (χ0n) is 15.4. The number of aromatic nitrogens is 3. The highest BCUT2D eigenvalue weighted by Gasteiger charge is 2.27. The summed E-state index contributed by atoms with van der Waals surface area (Å²) in [5, 5.41) is 7.57. The summed E-state index contributed by atoms with van der Waals surface area (Å²) in [5.41, 5.74) is 3.25. The smallest absolute Gasteiger partial charge is 0.162 e. The molecule has 1 N–H and O–H groups in total. The molecule has 0 saturated carbocycles. The molecule has 0 radical (unpaired) electrons. The second-order valence-corrected chi connectivity index (χ2v) is 6.98. The molecule has 28 heavy (non-hydrogen) atoms. The molecule has 0 unspecified atom stereocenters. The normalized spacial score (nSPS) is 17.1. The average molecular weight is 384 g/mol. The molecule has 1 fully saturated rings. The number of nitrogens with zero attached hydrogens (tertiary/aromatic N) is 3. The molecular weight excluding hydrogens is 362 g/mol. The number of halogens is 2. The van der Waals surface area contributed by atoms with Gasteiger partial charge in [0.05, 0.1) is 18.3 Å². The summed E-state index contributed by atoms with van der Waals surface area (Å²) in [6.45, 7) is 2.29. The molecule has 2 aromatic heterocycles. The van der Waals surface area contributed by atoms with Gasteiger partial charge in [0.25, 0.3) is 0 Å². The van der Waals surface area contributed by atoms with Crippen molar-refractivity contribution in [1.29, 1.82) is 0 Å². The molecule has 1 aliphatic heterocycles. The Morgan fingerprint density at radius 1 is 1.11 bits per heavy atom. The van der Waals surface area contributed by atoms with Crippen molar-refractivity contribution >= 4 is 0 Å². The van der Waals surface area contributed by atoms with Gasteiger partial charge in [-0.1, -0.05) is 0 Å². The lowest BCUT2D eigenvalue weighted by atomic mass is 10.1. The summed E-state index contributed by atoms with van der Waals surface area (Å²) in [4.78, 5) is 6.51. The number of aromatic amines is 1. The Balaban J connectivity index is 1.33. The maximum Gasteiger partial charge on any atom is 0.162 e. The average Bonchev–Trinajstić information content (AvgIpc) is 3.35. The molecule has 7 heteroatoms. The number of pyridine rings is 1. The molecule has 1 aromatic carbocycles. The number of hydrogen-bond donors (Lipinski definition) is 1. The van der Waals surface area contributed by atoms with E-state index in [2.05, 4.69) is 26.1 Å². The number of ether oxygens (including phenoxy) is 1. The Kier molecular flexibility index (Phi) is 5.62. The number of benzene rings is 1. The van der Waals surface area contributed by atoms with Crippen LogP contribution in [0.4, 0.5) is 8.78 Å². The number of nitrogens with one attached hydrogen (secondary N) is 1. The number of H-pyrrole nitrogens is 1. The van der Waals surface area contributed by atoms with Gasteiger partial charge in [-0.15, -0.1) is 0 Å². The zero-order chi connectivity index (χ0) is 19.3. The van der Waals surface area contributed by atoms with E-state index in [1.807, 2.05) is 24.5 Å². The topological polar surface area (TPSA) is 54.0 Å². The standard InChI is InChI=1S/C21H22F2N4O/c22-18-4-3-17(13-19(18)23)28-11-7-16-12-20(26-25-16)21-2-1-10-27(21)14-15-5-8-24-9-6-15/h3-6,8-9,12-13,21H,1-2,7,10-11,14H2,(H,25,26)/t21-/m0/s1. The van der Waals surface area contributed by atoms with Crippen LogP contribution in [0.5, 0.6) is 5.75 Å². The van der Waals surface area contributed by atoms with Crippen molar-refractivity contribution in [2.75, 3.05) is 13.2 Å². The Labute approximate surface area is 162 Å². The summed E-state index contributed by atoms with van der Waals surface area (Å²) in [7, 11) is 0. The van der Waals surface area contributed by atoms with Crippen molar-refractivity contribution in [3.63, 3.8) is 0 Å². The molecule has 0 spiro atoms. The molecule has 0 aliphatic carbocycles. The van der Waals surface area contributed by atoms with Gasteiger partial charge in [0.15, 0.2) is 11.6 Å². The predicted molar refractivity (Wildman–Crippen MR) is 101 cm³/mol. The maximum absolute atomic E-state index is 13.2. The fraction of sp³-hybridized carbons (Fsp3) is 0.333. The van der Waals surface area contributed by atoms with E-state index in [0.29, 0.717) is 24.8 Å². The molecule has 0 amide bonds. The van der Waals surface area contributed by atoms with Gasteiger partial charge in [0, 0.05) is 37.1 Å². The Hall–Kier alpha value is -2.80. The molecule has 146 valence electrons. The van der Waals surface area contributed by atoms with Gasteiger partial charge in [0.2, 0.25) is 0 Å². The molecule has 4 rings (SSSR count). The molecule has 1 aliphatic rings. The zero-order valence-corrected chi connectivity index (χ0v) is 15.4. The van der Waals surface area contributed by atoms with Crippen molar-refractivity contribution in [1.82, 2.24) is 20.1 Å². The van der Waals surface area contributed by atoms with Gasteiger partial charge in [-0.2, -0.15) is 5.10 Å². The first kappa shape index (κ1) is 18.6. The van der Waals surface area contributed by atoms with Crippen LogP contribution in [0.15, 0.2) is 48.8 Å². The monoisotopic (exact) mass is 384 g/mol. The summed E-state index contributed by atoms with van der Waals surface area (Å²) >= 11 is 0. The molecule has 0 bridgehead atoms. The van der Waals surface area contributed by atoms with Crippen LogP contribution in [0.3, 0.4) is 0 Å². The van der Waals surface area contributed by atoms with Crippen molar-refractivity contribution in [3.8, 4) is 5.75 Å². The number of likely N-dealkylation sites (tertiary alicyclic amines) is 1. The van der Waals surface area contributed by atoms with Crippen molar-refractivity contribution in [2.24, 2.45) is 0 Å². The second-order valence-electron chi connectivity index (χ2n) is 6.98. The van der Waals surface area contributed by atoms with Gasteiger partial charge in [0.1, 0.15) is 5.75 Å². The van der Waals surface area contributed by atoms with Crippen LogP contribution in [0.25, 0.3) is 0 Å². The molecule has 5 nitrogen and oxygen atoms in total. The lowest BCUT2D eigenvalue weighted by Crippen LogP contribution is -2.23. The fourth-order valence-electron chi connectivity index (χ4n) is 3.60. The van der Waals surface area contributed by atoms with Gasteiger partial charge in [-0.05, 0) is 55.3 Å². The molecule has 1 atom stereocenters. The summed E-state index contributed by atoms with van der Waals surface area (Å²) in [6, 6.07) is 10.0. The van der Waals surface area contributed by atoms with E-state index in [1.165, 1.54) is 11.6 Å². The van der Waals surface area contributed by atoms with Gasteiger partial charge in [-0.3, -0.25) is 15.0 Å². The molecule has 3 heterocycles. The van der Waals surface area contributed by atoms with E-state index in [0.717, 1.165) is 49.5 Å². The first-order chi connectivity index (χ1) is 13.7. The van der Waals surface area contributed by atoms with Crippen LogP contribution in [-0.4, -0.2) is 33.2 Å². The van der Waals surface area contributed by atoms with Crippen LogP contribution in [0.2, 0.25) is 0 Å². The molecule has 1 saturated heterocycles. The molecular formula is C21H22F2N4O. The summed E-state index contributed by atoms with van der Waals surface area (Å²) in [5.74, 6) is -1.46. The quantitative estimate of drug-likeness (QED) is 0.668. The maximum atomic E-state index is 13.2. The van der Waals surface area contributed by atoms with Gasteiger partial charge < -0.3 is 4.74 Å². The van der Waals surface area contributed by atoms with E-state index in [4.69, 9.17) is 4.74 Å². The Morgan fingerprint density at radius 3 is 2.79 bits per heavy atom.